The van der Waals surface area contributed by atoms with Crippen LogP contribution in [0.1, 0.15) is 12.8 Å². The van der Waals surface area contributed by atoms with Crippen LogP contribution in [0.25, 0.3) is 0 Å². The predicted octanol–water partition coefficient (Wildman–Crippen LogP) is 1.55. The molecule has 1 aliphatic heterocycles. The molecule has 0 spiro atoms. The molecule has 1 fully saturated rings. The van der Waals surface area contributed by atoms with Gasteiger partial charge in [-0.2, -0.15) is 0 Å². The average molecular weight is 292 g/mol. The van der Waals surface area contributed by atoms with Gasteiger partial charge in [0.05, 0.1) is 0 Å². The number of nitrogens with two attached hydrogens (primary N) is 1. The van der Waals surface area contributed by atoms with Gasteiger partial charge in [0.15, 0.2) is 0 Å². The number of anilines is 1. The van der Waals surface area contributed by atoms with Crippen molar-refractivity contribution in [2.45, 2.75) is 18.4 Å². The van der Waals surface area contributed by atoms with Gasteiger partial charge >= 0.3 is 0 Å². The molecule has 4 N–H and O–H groups in total. The van der Waals surface area contributed by atoms with E-state index in [4.69, 9.17) is 5.73 Å². The summed E-state index contributed by atoms with van der Waals surface area (Å²) in [5, 5.41) is 6.51. The van der Waals surface area contributed by atoms with Gasteiger partial charge in [-0.25, -0.2) is 0 Å². The first-order valence-electron chi connectivity index (χ1n) is 5.57. The minimum Gasteiger partial charge on any atom is -0.371 e. The third kappa shape index (κ3) is 3.77. The zero-order chi connectivity index (χ0) is 11.4. The largest absolute Gasteiger partial charge is 0.371 e. The molecule has 0 unspecified atom stereocenters. The van der Waals surface area contributed by atoms with Crippen molar-refractivity contribution in [1.82, 2.24) is 5.32 Å². The van der Waals surface area contributed by atoms with Crippen LogP contribution in [-0.4, -0.2) is 24.5 Å². The van der Waals surface area contributed by atoms with E-state index in [1.807, 2.05) is 30.3 Å². The van der Waals surface area contributed by atoms with E-state index in [2.05, 4.69) is 10.6 Å². The summed E-state index contributed by atoms with van der Waals surface area (Å²) in [6.07, 6.45) is 1.47. The van der Waals surface area contributed by atoms with Crippen molar-refractivity contribution in [1.29, 1.82) is 0 Å². The molecule has 2 rings (SSSR count). The maximum absolute atomic E-state index is 11.6. The maximum atomic E-state index is 11.6. The number of amides is 1. The summed E-state index contributed by atoms with van der Waals surface area (Å²) < 4.78 is 0. The summed E-state index contributed by atoms with van der Waals surface area (Å²) in [4.78, 5) is 11.6. The van der Waals surface area contributed by atoms with Crippen molar-refractivity contribution in [3.8, 4) is 0 Å². The Hall–Kier alpha value is -0.970. The third-order valence-corrected chi connectivity index (χ3v) is 3.09. The Labute approximate surface area is 120 Å². The summed E-state index contributed by atoms with van der Waals surface area (Å²) >= 11 is 0. The Balaban J connectivity index is 0.00000144. The lowest BCUT2D eigenvalue weighted by Crippen LogP contribution is -2.56. The molecular weight excluding hydrogens is 273 g/mol. The first-order chi connectivity index (χ1) is 7.73. The maximum Gasteiger partial charge on any atom is 0.243 e. The number of para-hydroxylation sites is 1. The van der Waals surface area contributed by atoms with Gasteiger partial charge in [0.2, 0.25) is 5.91 Å². The van der Waals surface area contributed by atoms with Crippen molar-refractivity contribution in [3.05, 3.63) is 30.3 Å². The highest BCUT2D eigenvalue weighted by Gasteiger charge is 2.37. The summed E-state index contributed by atoms with van der Waals surface area (Å²) in [6, 6.07) is 9.74. The topological polar surface area (TPSA) is 67.2 Å². The van der Waals surface area contributed by atoms with E-state index in [-0.39, 0.29) is 30.7 Å². The van der Waals surface area contributed by atoms with E-state index in [9.17, 15) is 4.79 Å². The molecule has 1 aromatic rings. The molecule has 1 heterocycles. The molecule has 102 valence electrons. The number of halogens is 2. The van der Waals surface area contributed by atoms with E-state index in [1.54, 1.807) is 0 Å². The highest BCUT2D eigenvalue weighted by atomic mass is 35.5. The first-order valence-corrected chi connectivity index (χ1v) is 5.57. The van der Waals surface area contributed by atoms with Crippen molar-refractivity contribution in [3.63, 3.8) is 0 Å². The number of primary amides is 1. The summed E-state index contributed by atoms with van der Waals surface area (Å²) in [5.41, 5.74) is 5.88. The molecule has 6 heteroatoms. The van der Waals surface area contributed by atoms with Crippen LogP contribution in [0.2, 0.25) is 0 Å². The summed E-state index contributed by atoms with van der Waals surface area (Å²) in [7, 11) is 0. The van der Waals surface area contributed by atoms with Gasteiger partial charge in [0, 0.05) is 5.69 Å². The van der Waals surface area contributed by atoms with E-state index >= 15 is 0 Å². The molecule has 0 aliphatic carbocycles. The average Bonchev–Trinajstić information content (AvgIpc) is 2.31. The Bertz CT molecular complexity index is 367. The molecule has 1 saturated heterocycles. The van der Waals surface area contributed by atoms with E-state index < -0.39 is 5.54 Å². The van der Waals surface area contributed by atoms with Gasteiger partial charge in [-0.3, -0.25) is 4.79 Å². The SMILES string of the molecule is Cl.Cl.NC(=O)C1(Nc2ccccc2)CCNCC1. The van der Waals surface area contributed by atoms with Crippen molar-refractivity contribution in [2.75, 3.05) is 18.4 Å². The monoisotopic (exact) mass is 291 g/mol. The number of nitrogens with one attached hydrogen (secondary N) is 2. The minimum atomic E-state index is -0.591. The molecule has 18 heavy (non-hydrogen) atoms. The number of hydrogen-bond acceptors (Lipinski definition) is 3. The van der Waals surface area contributed by atoms with Crippen molar-refractivity contribution in [2.24, 2.45) is 5.73 Å². The molecule has 1 amide bonds. The van der Waals surface area contributed by atoms with Crippen molar-refractivity contribution < 1.29 is 4.79 Å². The van der Waals surface area contributed by atoms with Crippen LogP contribution >= 0.6 is 24.8 Å². The fourth-order valence-electron chi connectivity index (χ4n) is 2.08. The first kappa shape index (κ1) is 17.0. The number of rotatable bonds is 3. The van der Waals surface area contributed by atoms with E-state index in [0.29, 0.717) is 0 Å². The Morgan fingerprint density at radius 3 is 2.22 bits per heavy atom. The standard InChI is InChI=1S/C12H17N3O.2ClH/c13-11(16)12(6-8-14-9-7-12)15-10-4-2-1-3-5-10;;/h1-5,14-15H,6-9H2,(H2,13,16);2*1H. The molecule has 0 atom stereocenters. The Kier molecular flexibility index (Phi) is 7.06. The quantitative estimate of drug-likeness (QED) is 0.792. The molecular formula is C12H19Cl2N3O. The zero-order valence-electron chi connectivity index (χ0n) is 10.0. The smallest absolute Gasteiger partial charge is 0.243 e. The molecule has 1 aromatic carbocycles. The highest BCUT2D eigenvalue weighted by Crippen LogP contribution is 2.23. The number of carbonyl (C=O) groups is 1. The fourth-order valence-corrected chi connectivity index (χ4v) is 2.08. The summed E-state index contributed by atoms with van der Waals surface area (Å²) in [6.45, 7) is 1.64. The lowest BCUT2D eigenvalue weighted by molar-refractivity contribution is -0.123. The second-order valence-corrected chi connectivity index (χ2v) is 4.19. The van der Waals surface area contributed by atoms with Crippen LogP contribution in [0.3, 0.4) is 0 Å². The van der Waals surface area contributed by atoms with E-state index in [1.165, 1.54) is 0 Å². The van der Waals surface area contributed by atoms with E-state index in [0.717, 1.165) is 31.6 Å². The minimum absolute atomic E-state index is 0. The Morgan fingerprint density at radius 2 is 1.72 bits per heavy atom. The second-order valence-electron chi connectivity index (χ2n) is 4.19. The third-order valence-electron chi connectivity index (χ3n) is 3.09. The van der Waals surface area contributed by atoms with Gasteiger partial charge < -0.3 is 16.4 Å². The van der Waals surface area contributed by atoms with Crippen LogP contribution in [-0.2, 0) is 4.79 Å². The molecule has 0 aromatic heterocycles. The van der Waals surface area contributed by atoms with Crippen LogP contribution in [0.4, 0.5) is 5.69 Å². The van der Waals surface area contributed by atoms with Gasteiger partial charge in [0.25, 0.3) is 0 Å². The molecule has 0 saturated carbocycles. The number of piperidine rings is 1. The van der Waals surface area contributed by atoms with Crippen molar-refractivity contribution >= 4 is 36.4 Å². The molecule has 4 nitrogen and oxygen atoms in total. The predicted molar refractivity (Wildman–Crippen MR) is 78.6 cm³/mol. The zero-order valence-corrected chi connectivity index (χ0v) is 11.7. The second kappa shape index (κ2) is 7.46. The molecule has 0 radical (unpaired) electrons. The van der Waals surface area contributed by atoms with Crippen LogP contribution in [0.15, 0.2) is 30.3 Å². The Morgan fingerprint density at radius 1 is 1.17 bits per heavy atom. The van der Waals surface area contributed by atoms with Gasteiger partial charge in [-0.05, 0) is 38.1 Å². The van der Waals surface area contributed by atoms with Gasteiger partial charge in [-0.1, -0.05) is 18.2 Å². The lowest BCUT2D eigenvalue weighted by atomic mass is 9.87. The number of hydrogen-bond donors (Lipinski definition) is 3. The lowest BCUT2D eigenvalue weighted by Gasteiger charge is -2.36. The number of carbonyl (C=O) groups excluding carboxylic acids is 1. The van der Waals surface area contributed by atoms with Gasteiger partial charge in [0.1, 0.15) is 5.54 Å². The molecule has 1 aliphatic rings. The molecule has 0 bridgehead atoms. The van der Waals surface area contributed by atoms with Crippen LogP contribution in [0.5, 0.6) is 0 Å². The van der Waals surface area contributed by atoms with Crippen LogP contribution < -0.4 is 16.4 Å². The van der Waals surface area contributed by atoms with Crippen LogP contribution in [0, 0.1) is 0 Å². The number of benzene rings is 1. The fraction of sp³-hybridized carbons (Fsp3) is 0.417. The highest BCUT2D eigenvalue weighted by molar-refractivity contribution is 5.88. The normalized spacial score (nSPS) is 16.9. The summed E-state index contributed by atoms with van der Waals surface area (Å²) in [5.74, 6) is -0.266. The van der Waals surface area contributed by atoms with Gasteiger partial charge in [-0.15, -0.1) is 24.8 Å².